The highest BCUT2D eigenvalue weighted by Gasteiger charge is 2.41. The molecule has 0 unspecified atom stereocenters. The Morgan fingerprint density at radius 2 is 1.76 bits per heavy atom. The van der Waals surface area contributed by atoms with Crippen molar-refractivity contribution in [2.45, 2.75) is 6.42 Å². The summed E-state index contributed by atoms with van der Waals surface area (Å²) in [6.07, 6.45) is 0.519. The van der Waals surface area contributed by atoms with Crippen LogP contribution in [0.15, 0.2) is 54.2 Å². The second kappa shape index (κ2) is 9.11. The van der Waals surface area contributed by atoms with Crippen molar-refractivity contribution in [1.82, 2.24) is 9.80 Å². The number of carbonyl (C=O) groups excluding carboxylic acids is 2. The smallest absolute Gasteiger partial charge is 0.277 e. The van der Waals surface area contributed by atoms with Crippen molar-refractivity contribution in [2.75, 3.05) is 33.9 Å². The van der Waals surface area contributed by atoms with Gasteiger partial charge in [0.05, 0.1) is 19.3 Å². The maximum Gasteiger partial charge on any atom is 0.277 e. The molecular formula is C22H23ClN2O4. The normalized spacial score (nSPS) is 14.0. The number of carbonyl (C=O) groups is 2. The van der Waals surface area contributed by atoms with Crippen molar-refractivity contribution < 1.29 is 19.4 Å². The summed E-state index contributed by atoms with van der Waals surface area (Å²) in [4.78, 5) is 29.3. The molecule has 0 saturated carbocycles. The third kappa shape index (κ3) is 4.28. The zero-order valence-electron chi connectivity index (χ0n) is 16.4. The molecule has 0 atom stereocenters. The number of benzene rings is 2. The van der Waals surface area contributed by atoms with E-state index in [2.05, 4.69) is 0 Å². The van der Waals surface area contributed by atoms with Gasteiger partial charge < -0.3 is 14.7 Å². The fourth-order valence-electron chi connectivity index (χ4n) is 3.37. The Hall–Kier alpha value is -2.83. The SMILES string of the molecule is COc1ccccc1C1=C(N(C)CCO)C(=O)N(CCc2ccc(Cl)cc2)C1=O. The van der Waals surface area contributed by atoms with Crippen LogP contribution >= 0.6 is 11.6 Å². The van der Waals surface area contributed by atoms with Gasteiger partial charge in [0.2, 0.25) is 0 Å². The summed E-state index contributed by atoms with van der Waals surface area (Å²) in [6, 6.07) is 14.4. The van der Waals surface area contributed by atoms with Gasteiger partial charge in [-0.1, -0.05) is 41.9 Å². The van der Waals surface area contributed by atoms with E-state index >= 15 is 0 Å². The van der Waals surface area contributed by atoms with Crippen molar-refractivity contribution >= 4 is 29.0 Å². The number of halogens is 1. The summed E-state index contributed by atoms with van der Waals surface area (Å²) in [6.45, 7) is 0.345. The van der Waals surface area contributed by atoms with E-state index in [0.29, 0.717) is 28.3 Å². The monoisotopic (exact) mass is 414 g/mol. The van der Waals surface area contributed by atoms with Crippen LogP contribution in [-0.2, 0) is 16.0 Å². The predicted octanol–water partition coefficient (Wildman–Crippen LogP) is 2.60. The van der Waals surface area contributed by atoms with Gasteiger partial charge in [-0.05, 0) is 30.2 Å². The number of amides is 2. The zero-order chi connectivity index (χ0) is 21.0. The van der Waals surface area contributed by atoms with Gasteiger partial charge >= 0.3 is 0 Å². The molecular weight excluding hydrogens is 392 g/mol. The molecule has 0 bridgehead atoms. The minimum atomic E-state index is -0.374. The lowest BCUT2D eigenvalue weighted by atomic mass is 10.0. The molecule has 3 rings (SSSR count). The molecule has 2 aromatic rings. The molecule has 7 heteroatoms. The number of rotatable bonds is 8. The number of imide groups is 1. The van der Waals surface area contributed by atoms with Gasteiger partial charge in [0, 0.05) is 30.7 Å². The van der Waals surface area contributed by atoms with Crippen LogP contribution in [0.25, 0.3) is 5.57 Å². The zero-order valence-corrected chi connectivity index (χ0v) is 17.1. The van der Waals surface area contributed by atoms with Crippen molar-refractivity contribution in [3.63, 3.8) is 0 Å². The van der Waals surface area contributed by atoms with E-state index < -0.39 is 0 Å². The summed E-state index contributed by atoms with van der Waals surface area (Å²) in [5.41, 5.74) is 2.09. The number of likely N-dealkylation sites (N-methyl/N-ethyl adjacent to an activating group) is 1. The number of methoxy groups -OCH3 is 1. The molecule has 1 N–H and O–H groups in total. The van der Waals surface area contributed by atoms with Gasteiger partial charge in [0.1, 0.15) is 11.4 Å². The Balaban J connectivity index is 1.95. The van der Waals surface area contributed by atoms with Gasteiger partial charge in [0.15, 0.2) is 0 Å². The van der Waals surface area contributed by atoms with Crippen LogP contribution in [0.2, 0.25) is 5.02 Å². The Morgan fingerprint density at radius 3 is 2.41 bits per heavy atom. The molecule has 2 aromatic carbocycles. The lowest BCUT2D eigenvalue weighted by Crippen LogP contribution is -2.36. The number of para-hydroxylation sites is 1. The van der Waals surface area contributed by atoms with Gasteiger partial charge in [-0.2, -0.15) is 0 Å². The average molecular weight is 415 g/mol. The second-order valence-corrected chi connectivity index (χ2v) is 7.14. The Morgan fingerprint density at radius 1 is 1.07 bits per heavy atom. The molecule has 1 aliphatic rings. The minimum absolute atomic E-state index is 0.133. The van der Waals surface area contributed by atoms with Gasteiger partial charge in [0.25, 0.3) is 11.8 Å². The predicted molar refractivity (Wildman–Crippen MR) is 112 cm³/mol. The summed E-state index contributed by atoms with van der Waals surface area (Å²) < 4.78 is 5.41. The lowest BCUT2D eigenvalue weighted by Gasteiger charge is -2.20. The molecule has 0 aromatic heterocycles. The van der Waals surface area contributed by atoms with Crippen LogP contribution in [0.1, 0.15) is 11.1 Å². The second-order valence-electron chi connectivity index (χ2n) is 6.71. The Kier molecular flexibility index (Phi) is 6.56. The first-order valence-corrected chi connectivity index (χ1v) is 9.66. The van der Waals surface area contributed by atoms with Crippen LogP contribution in [-0.4, -0.2) is 60.6 Å². The summed E-state index contributed by atoms with van der Waals surface area (Å²) in [7, 11) is 3.21. The van der Waals surface area contributed by atoms with Gasteiger partial charge in [-0.15, -0.1) is 0 Å². The van der Waals surface area contributed by atoms with Crippen LogP contribution < -0.4 is 4.74 Å². The summed E-state index contributed by atoms with van der Waals surface area (Å²) in [5, 5.41) is 9.97. The molecule has 6 nitrogen and oxygen atoms in total. The number of aliphatic hydroxyl groups is 1. The highest BCUT2D eigenvalue weighted by Crippen LogP contribution is 2.35. The largest absolute Gasteiger partial charge is 0.496 e. The minimum Gasteiger partial charge on any atom is -0.496 e. The van der Waals surface area contributed by atoms with E-state index in [0.717, 1.165) is 5.56 Å². The standard InChI is InChI=1S/C22H23ClN2O4/c1-24(13-14-26)20-19(17-5-3-4-6-18(17)29-2)21(27)25(22(20)28)12-11-15-7-9-16(23)10-8-15/h3-10,26H,11-14H2,1-2H3. The van der Waals surface area contributed by atoms with Crippen molar-refractivity contribution in [3.05, 3.63) is 70.4 Å². The number of ether oxygens (including phenoxy) is 1. The molecule has 0 fully saturated rings. The van der Waals surface area contributed by atoms with E-state index in [1.165, 1.54) is 12.0 Å². The average Bonchev–Trinajstić information content (AvgIpc) is 2.97. The van der Waals surface area contributed by atoms with Crippen LogP contribution in [0.5, 0.6) is 5.75 Å². The van der Waals surface area contributed by atoms with Gasteiger partial charge in [-0.25, -0.2) is 0 Å². The fraction of sp³-hybridized carbons (Fsp3) is 0.273. The number of hydrogen-bond acceptors (Lipinski definition) is 5. The molecule has 0 saturated heterocycles. The molecule has 2 amide bonds. The van der Waals surface area contributed by atoms with Crippen LogP contribution in [0.4, 0.5) is 0 Å². The van der Waals surface area contributed by atoms with E-state index in [9.17, 15) is 14.7 Å². The first kappa shape index (κ1) is 20.9. The molecule has 0 radical (unpaired) electrons. The van der Waals surface area contributed by atoms with E-state index in [1.54, 1.807) is 48.3 Å². The molecule has 0 aliphatic carbocycles. The number of aliphatic hydroxyl groups excluding tert-OH is 1. The molecule has 1 aliphatic heterocycles. The third-order valence-corrected chi connectivity index (χ3v) is 5.13. The number of nitrogens with zero attached hydrogens (tertiary/aromatic N) is 2. The van der Waals surface area contributed by atoms with E-state index in [-0.39, 0.29) is 37.2 Å². The summed E-state index contributed by atoms with van der Waals surface area (Å²) >= 11 is 5.92. The van der Waals surface area contributed by atoms with Crippen molar-refractivity contribution in [2.24, 2.45) is 0 Å². The summed E-state index contributed by atoms with van der Waals surface area (Å²) in [5.74, 6) is -0.229. The van der Waals surface area contributed by atoms with Crippen molar-refractivity contribution in [3.8, 4) is 5.75 Å². The Labute approximate surface area is 174 Å². The highest BCUT2D eigenvalue weighted by molar-refractivity contribution is 6.36. The molecule has 152 valence electrons. The maximum atomic E-state index is 13.3. The quantitative estimate of drug-likeness (QED) is 0.672. The number of hydrogen-bond donors (Lipinski definition) is 1. The fourth-order valence-corrected chi connectivity index (χ4v) is 3.49. The highest BCUT2D eigenvalue weighted by atomic mass is 35.5. The van der Waals surface area contributed by atoms with E-state index in [1.807, 2.05) is 12.1 Å². The van der Waals surface area contributed by atoms with Gasteiger partial charge in [-0.3, -0.25) is 14.5 Å². The molecule has 0 spiro atoms. The van der Waals surface area contributed by atoms with E-state index in [4.69, 9.17) is 16.3 Å². The van der Waals surface area contributed by atoms with Crippen molar-refractivity contribution in [1.29, 1.82) is 0 Å². The van der Waals surface area contributed by atoms with Crippen LogP contribution in [0, 0.1) is 0 Å². The first-order chi connectivity index (χ1) is 14.0. The molecule has 29 heavy (non-hydrogen) atoms. The third-order valence-electron chi connectivity index (χ3n) is 4.87. The topological polar surface area (TPSA) is 70.1 Å². The molecule has 1 heterocycles. The Bertz CT molecular complexity index is 940. The maximum absolute atomic E-state index is 13.3. The first-order valence-electron chi connectivity index (χ1n) is 9.28. The lowest BCUT2D eigenvalue weighted by molar-refractivity contribution is -0.137. The van der Waals surface area contributed by atoms with Crippen LogP contribution in [0.3, 0.4) is 0 Å².